The van der Waals surface area contributed by atoms with Crippen LogP contribution in [0.4, 0.5) is 0 Å². The molecular formula is C13H14N2OS2. The first-order valence-electron chi connectivity index (χ1n) is 5.96. The normalized spacial score (nSPS) is 13.6. The van der Waals surface area contributed by atoms with Gasteiger partial charge in [-0.2, -0.15) is 0 Å². The van der Waals surface area contributed by atoms with Crippen molar-refractivity contribution in [1.82, 2.24) is 9.97 Å². The SMILES string of the molecule is CC(C)c1nc2c(o1)Cc1nc(SS)ccc1C2. The number of thiol groups is 1. The van der Waals surface area contributed by atoms with Gasteiger partial charge in [0, 0.05) is 12.3 Å². The highest BCUT2D eigenvalue weighted by atomic mass is 33.1. The predicted octanol–water partition coefficient (Wildman–Crippen LogP) is 3.62. The van der Waals surface area contributed by atoms with Crippen LogP contribution in [0.25, 0.3) is 0 Å². The van der Waals surface area contributed by atoms with Crippen LogP contribution >= 0.6 is 22.5 Å². The van der Waals surface area contributed by atoms with Gasteiger partial charge in [0.2, 0.25) is 0 Å². The van der Waals surface area contributed by atoms with E-state index in [2.05, 4.69) is 41.5 Å². The number of pyridine rings is 1. The third kappa shape index (κ3) is 2.06. The van der Waals surface area contributed by atoms with Crippen LogP contribution in [-0.2, 0) is 12.8 Å². The van der Waals surface area contributed by atoms with Gasteiger partial charge in [0.25, 0.3) is 0 Å². The Labute approximate surface area is 115 Å². The maximum absolute atomic E-state index is 5.82. The summed E-state index contributed by atoms with van der Waals surface area (Å²) in [5.74, 6) is 2.13. The highest BCUT2D eigenvalue weighted by Crippen LogP contribution is 2.30. The molecule has 5 heteroatoms. The molecule has 0 bridgehead atoms. The Morgan fingerprint density at radius 3 is 2.78 bits per heavy atom. The van der Waals surface area contributed by atoms with Crippen LogP contribution in [-0.4, -0.2) is 9.97 Å². The summed E-state index contributed by atoms with van der Waals surface area (Å²) in [6.07, 6.45) is 1.57. The van der Waals surface area contributed by atoms with Crippen molar-refractivity contribution in [3.05, 3.63) is 40.7 Å². The van der Waals surface area contributed by atoms with Gasteiger partial charge in [-0.1, -0.05) is 19.9 Å². The average molecular weight is 278 g/mol. The average Bonchev–Trinajstić information content (AvgIpc) is 2.78. The van der Waals surface area contributed by atoms with Gasteiger partial charge in [-0.25, -0.2) is 9.97 Å². The number of aromatic nitrogens is 2. The van der Waals surface area contributed by atoms with Gasteiger partial charge in [-0.15, -0.1) is 11.7 Å². The fourth-order valence-corrected chi connectivity index (χ4v) is 2.72. The van der Waals surface area contributed by atoms with Gasteiger partial charge in [0.1, 0.15) is 10.8 Å². The van der Waals surface area contributed by atoms with Crippen molar-refractivity contribution in [1.29, 1.82) is 0 Å². The second-order valence-electron chi connectivity index (χ2n) is 4.78. The summed E-state index contributed by atoms with van der Waals surface area (Å²) in [6, 6.07) is 4.12. The Morgan fingerprint density at radius 2 is 2.06 bits per heavy atom. The molecule has 2 aromatic heterocycles. The minimum Gasteiger partial charge on any atom is -0.445 e. The van der Waals surface area contributed by atoms with Crippen molar-refractivity contribution in [3.63, 3.8) is 0 Å². The fraction of sp³-hybridized carbons (Fsp3) is 0.385. The van der Waals surface area contributed by atoms with Crippen molar-refractivity contribution in [2.75, 3.05) is 0 Å². The van der Waals surface area contributed by atoms with E-state index in [0.29, 0.717) is 5.92 Å². The Hall–Kier alpha value is -0.940. The Kier molecular flexibility index (Phi) is 3.11. The third-order valence-corrected chi connectivity index (χ3v) is 4.09. The highest BCUT2D eigenvalue weighted by Gasteiger charge is 2.23. The molecule has 2 aromatic rings. The largest absolute Gasteiger partial charge is 0.445 e. The Balaban J connectivity index is 1.98. The summed E-state index contributed by atoms with van der Waals surface area (Å²) in [6.45, 7) is 4.19. The van der Waals surface area contributed by atoms with Crippen molar-refractivity contribution in [2.45, 2.75) is 37.6 Å². The predicted molar refractivity (Wildman–Crippen MR) is 75.3 cm³/mol. The molecule has 0 N–H and O–H groups in total. The topological polar surface area (TPSA) is 38.9 Å². The number of nitrogens with zero attached hydrogens (tertiary/aromatic N) is 2. The van der Waals surface area contributed by atoms with E-state index in [1.807, 2.05) is 6.07 Å². The molecule has 0 saturated carbocycles. The van der Waals surface area contributed by atoms with Gasteiger partial charge in [-0.3, -0.25) is 0 Å². The molecule has 0 amide bonds. The van der Waals surface area contributed by atoms with Crippen molar-refractivity contribution in [2.24, 2.45) is 0 Å². The van der Waals surface area contributed by atoms with Crippen LogP contribution in [0.3, 0.4) is 0 Å². The lowest BCUT2D eigenvalue weighted by Gasteiger charge is -2.13. The molecule has 1 aliphatic carbocycles. The molecule has 18 heavy (non-hydrogen) atoms. The summed E-state index contributed by atoms with van der Waals surface area (Å²) in [5.41, 5.74) is 3.41. The van der Waals surface area contributed by atoms with Gasteiger partial charge in [0.15, 0.2) is 5.89 Å². The summed E-state index contributed by atoms with van der Waals surface area (Å²) in [4.78, 5) is 9.16. The maximum atomic E-state index is 5.82. The molecule has 0 spiro atoms. The van der Waals surface area contributed by atoms with E-state index >= 15 is 0 Å². The monoisotopic (exact) mass is 278 g/mol. The molecule has 3 nitrogen and oxygen atoms in total. The summed E-state index contributed by atoms with van der Waals surface area (Å²) in [7, 11) is 1.37. The first-order chi connectivity index (χ1) is 8.67. The molecular weight excluding hydrogens is 264 g/mol. The summed E-state index contributed by atoms with van der Waals surface area (Å²) in [5, 5.41) is 0.934. The molecule has 94 valence electrons. The fourth-order valence-electron chi connectivity index (χ4n) is 2.13. The second kappa shape index (κ2) is 4.63. The van der Waals surface area contributed by atoms with Gasteiger partial charge in [-0.05, 0) is 22.4 Å². The van der Waals surface area contributed by atoms with E-state index in [9.17, 15) is 0 Å². The van der Waals surface area contributed by atoms with Gasteiger partial charge < -0.3 is 4.42 Å². The third-order valence-electron chi connectivity index (χ3n) is 3.11. The molecule has 3 rings (SSSR count). The molecule has 0 radical (unpaired) electrons. The van der Waals surface area contributed by atoms with Gasteiger partial charge in [0.05, 0.1) is 17.8 Å². The van der Waals surface area contributed by atoms with Crippen molar-refractivity contribution in [3.8, 4) is 0 Å². The molecule has 0 atom stereocenters. The maximum Gasteiger partial charge on any atom is 0.197 e. The minimum absolute atomic E-state index is 0.329. The highest BCUT2D eigenvalue weighted by molar-refractivity contribution is 8.68. The van der Waals surface area contributed by atoms with E-state index < -0.39 is 0 Å². The zero-order chi connectivity index (χ0) is 12.7. The molecule has 2 heterocycles. The first-order valence-corrected chi connectivity index (χ1v) is 7.83. The zero-order valence-electron chi connectivity index (χ0n) is 10.3. The van der Waals surface area contributed by atoms with Crippen LogP contribution < -0.4 is 0 Å². The van der Waals surface area contributed by atoms with Crippen LogP contribution in [0, 0.1) is 0 Å². The Bertz CT molecular complexity index is 593. The molecule has 0 aromatic carbocycles. The first kappa shape index (κ1) is 12.1. The van der Waals surface area contributed by atoms with Crippen molar-refractivity contribution >= 4 is 22.5 Å². The van der Waals surface area contributed by atoms with E-state index in [0.717, 1.165) is 40.9 Å². The summed E-state index contributed by atoms with van der Waals surface area (Å²) >= 11 is 4.18. The lowest BCUT2D eigenvalue weighted by molar-refractivity contribution is 0.439. The number of fused-ring (bicyclic) bond motifs is 2. The molecule has 0 unspecified atom stereocenters. The standard InChI is InChI=1S/C13H14N2OS2/c1-7(2)13-15-10-5-8-3-4-12(18-17)14-9(8)6-11(10)16-13/h3-4,7,17H,5-6H2,1-2H3. The van der Waals surface area contributed by atoms with Crippen LogP contribution in [0.2, 0.25) is 0 Å². The zero-order valence-corrected chi connectivity index (χ0v) is 12.0. The van der Waals surface area contributed by atoms with Crippen LogP contribution in [0.5, 0.6) is 0 Å². The smallest absolute Gasteiger partial charge is 0.197 e. The summed E-state index contributed by atoms with van der Waals surface area (Å²) < 4.78 is 5.82. The molecule has 0 saturated heterocycles. The van der Waals surface area contributed by atoms with Crippen LogP contribution in [0.15, 0.2) is 21.6 Å². The van der Waals surface area contributed by atoms with E-state index in [1.165, 1.54) is 16.4 Å². The lowest BCUT2D eigenvalue weighted by Crippen LogP contribution is -2.08. The molecule has 0 fully saturated rings. The number of hydrogen-bond donors (Lipinski definition) is 1. The second-order valence-corrected chi connectivity index (χ2v) is 5.93. The Morgan fingerprint density at radius 1 is 1.22 bits per heavy atom. The van der Waals surface area contributed by atoms with Gasteiger partial charge >= 0.3 is 0 Å². The van der Waals surface area contributed by atoms with E-state index in [4.69, 9.17) is 4.42 Å². The van der Waals surface area contributed by atoms with E-state index in [1.54, 1.807) is 0 Å². The van der Waals surface area contributed by atoms with Crippen LogP contribution in [0.1, 0.15) is 48.4 Å². The lowest BCUT2D eigenvalue weighted by atomic mass is 9.98. The number of hydrogen-bond acceptors (Lipinski definition) is 5. The van der Waals surface area contributed by atoms with Crippen molar-refractivity contribution < 1.29 is 4.42 Å². The minimum atomic E-state index is 0.329. The van der Waals surface area contributed by atoms with E-state index in [-0.39, 0.29) is 0 Å². The number of oxazole rings is 1. The molecule has 1 aliphatic rings. The number of rotatable bonds is 2. The molecule has 0 aliphatic heterocycles. The quantitative estimate of drug-likeness (QED) is 0.574.